The summed E-state index contributed by atoms with van der Waals surface area (Å²) >= 11 is 0. The first-order chi connectivity index (χ1) is 8.45. The maximum absolute atomic E-state index is 11.9. The Hall–Kier alpha value is -2.11. The van der Waals surface area contributed by atoms with Crippen molar-refractivity contribution in [2.75, 3.05) is 0 Å². The van der Waals surface area contributed by atoms with Crippen LogP contribution in [0.25, 0.3) is 0 Å². The SMILES string of the molecule is CCCC(C)NC(=O)c1cc(O)ccc1[N+](=O)[O-]. The van der Waals surface area contributed by atoms with E-state index in [4.69, 9.17) is 0 Å². The van der Waals surface area contributed by atoms with Crippen LogP contribution >= 0.6 is 0 Å². The molecule has 18 heavy (non-hydrogen) atoms. The van der Waals surface area contributed by atoms with Crippen molar-refractivity contribution < 1.29 is 14.8 Å². The minimum atomic E-state index is -0.640. The number of carbonyl (C=O) groups is 1. The summed E-state index contributed by atoms with van der Waals surface area (Å²) in [5.74, 6) is -0.715. The lowest BCUT2D eigenvalue weighted by atomic mass is 10.1. The largest absolute Gasteiger partial charge is 0.508 e. The third-order valence-electron chi connectivity index (χ3n) is 2.52. The lowest BCUT2D eigenvalue weighted by molar-refractivity contribution is -0.385. The normalized spacial score (nSPS) is 11.9. The topological polar surface area (TPSA) is 92.5 Å². The smallest absolute Gasteiger partial charge is 0.282 e. The zero-order chi connectivity index (χ0) is 13.7. The van der Waals surface area contributed by atoms with Crippen molar-refractivity contribution in [2.45, 2.75) is 32.7 Å². The second kappa shape index (κ2) is 6.00. The molecule has 0 radical (unpaired) electrons. The highest BCUT2D eigenvalue weighted by Crippen LogP contribution is 2.23. The summed E-state index contributed by atoms with van der Waals surface area (Å²) < 4.78 is 0. The highest BCUT2D eigenvalue weighted by molar-refractivity contribution is 5.98. The first kappa shape index (κ1) is 14.0. The van der Waals surface area contributed by atoms with Crippen LogP contribution < -0.4 is 5.32 Å². The molecule has 1 unspecified atom stereocenters. The van der Waals surface area contributed by atoms with E-state index in [1.54, 1.807) is 0 Å². The Morgan fingerprint density at radius 3 is 2.78 bits per heavy atom. The Labute approximate surface area is 105 Å². The van der Waals surface area contributed by atoms with Gasteiger partial charge in [0, 0.05) is 12.1 Å². The standard InChI is InChI=1S/C12H16N2O4/c1-3-4-8(2)13-12(16)10-7-9(15)5-6-11(10)14(17)18/h5-8,15H,3-4H2,1-2H3,(H,13,16). The second-order valence-electron chi connectivity index (χ2n) is 4.12. The molecule has 6 nitrogen and oxygen atoms in total. The van der Waals surface area contributed by atoms with Gasteiger partial charge in [0.25, 0.3) is 11.6 Å². The summed E-state index contributed by atoms with van der Waals surface area (Å²) in [6.07, 6.45) is 1.70. The van der Waals surface area contributed by atoms with Gasteiger partial charge in [-0.1, -0.05) is 13.3 Å². The van der Waals surface area contributed by atoms with Crippen molar-refractivity contribution in [3.05, 3.63) is 33.9 Å². The Bertz CT molecular complexity index is 459. The minimum Gasteiger partial charge on any atom is -0.508 e. The maximum atomic E-state index is 11.9. The lowest BCUT2D eigenvalue weighted by Crippen LogP contribution is -2.32. The van der Waals surface area contributed by atoms with Crippen LogP contribution in [0, 0.1) is 10.1 Å². The minimum absolute atomic E-state index is 0.0653. The molecule has 0 spiro atoms. The van der Waals surface area contributed by atoms with Gasteiger partial charge in [-0.3, -0.25) is 14.9 Å². The van der Waals surface area contributed by atoms with Crippen molar-refractivity contribution in [2.24, 2.45) is 0 Å². The van der Waals surface area contributed by atoms with Crippen LogP contribution in [0.3, 0.4) is 0 Å². The summed E-state index contributed by atoms with van der Waals surface area (Å²) in [5, 5.41) is 22.8. The van der Waals surface area contributed by atoms with Crippen molar-refractivity contribution in [3.63, 3.8) is 0 Å². The van der Waals surface area contributed by atoms with Gasteiger partial charge in [0.15, 0.2) is 0 Å². The number of nitro benzene ring substituents is 1. The van der Waals surface area contributed by atoms with Crippen molar-refractivity contribution >= 4 is 11.6 Å². The van der Waals surface area contributed by atoms with E-state index in [0.717, 1.165) is 25.0 Å². The molecule has 1 aromatic rings. The fourth-order valence-electron chi connectivity index (χ4n) is 1.67. The molecule has 0 saturated heterocycles. The number of amides is 1. The van der Waals surface area contributed by atoms with Gasteiger partial charge in [-0.2, -0.15) is 0 Å². The fraction of sp³-hybridized carbons (Fsp3) is 0.417. The number of rotatable bonds is 5. The summed E-state index contributed by atoms with van der Waals surface area (Å²) in [4.78, 5) is 22.0. The molecule has 0 bridgehead atoms. The fourth-order valence-corrected chi connectivity index (χ4v) is 1.67. The second-order valence-corrected chi connectivity index (χ2v) is 4.12. The molecular weight excluding hydrogens is 236 g/mol. The predicted molar refractivity (Wildman–Crippen MR) is 66.6 cm³/mol. The van der Waals surface area contributed by atoms with Gasteiger partial charge in [0.05, 0.1) is 4.92 Å². The number of nitro groups is 1. The van der Waals surface area contributed by atoms with E-state index in [1.807, 2.05) is 13.8 Å². The molecule has 98 valence electrons. The summed E-state index contributed by atoms with van der Waals surface area (Å²) in [5.41, 5.74) is -0.433. The molecule has 0 aliphatic rings. The van der Waals surface area contributed by atoms with Crippen LogP contribution in [0.15, 0.2) is 18.2 Å². The third kappa shape index (κ3) is 3.44. The Balaban J connectivity index is 2.97. The first-order valence-corrected chi connectivity index (χ1v) is 5.74. The van der Waals surface area contributed by atoms with Crippen LogP contribution in [0.2, 0.25) is 0 Å². The summed E-state index contributed by atoms with van der Waals surface area (Å²) in [6, 6.07) is 3.34. The molecule has 2 N–H and O–H groups in total. The molecule has 1 rings (SSSR count). The monoisotopic (exact) mass is 252 g/mol. The molecule has 0 saturated carbocycles. The molecule has 0 aliphatic heterocycles. The van der Waals surface area contributed by atoms with Gasteiger partial charge in [0.1, 0.15) is 11.3 Å². The van der Waals surface area contributed by atoms with Crippen LogP contribution in [0.4, 0.5) is 5.69 Å². The van der Waals surface area contributed by atoms with Crippen molar-refractivity contribution in [1.29, 1.82) is 0 Å². The van der Waals surface area contributed by atoms with E-state index in [9.17, 15) is 20.0 Å². The zero-order valence-electron chi connectivity index (χ0n) is 10.3. The summed E-state index contributed by atoms with van der Waals surface area (Å²) in [6.45, 7) is 3.81. The summed E-state index contributed by atoms with van der Waals surface area (Å²) in [7, 11) is 0. The lowest BCUT2D eigenvalue weighted by Gasteiger charge is -2.12. The van der Waals surface area contributed by atoms with Crippen molar-refractivity contribution in [1.82, 2.24) is 5.32 Å². The number of nitrogens with zero attached hydrogens (tertiary/aromatic N) is 1. The third-order valence-corrected chi connectivity index (χ3v) is 2.52. The average molecular weight is 252 g/mol. The van der Waals surface area contributed by atoms with Gasteiger partial charge in [-0.25, -0.2) is 0 Å². The molecule has 0 aromatic heterocycles. The highest BCUT2D eigenvalue weighted by atomic mass is 16.6. The molecule has 1 atom stereocenters. The van der Waals surface area contributed by atoms with Crippen molar-refractivity contribution in [3.8, 4) is 5.75 Å². The van der Waals surface area contributed by atoms with E-state index in [2.05, 4.69) is 5.32 Å². The Morgan fingerprint density at radius 1 is 1.56 bits per heavy atom. The molecular formula is C12H16N2O4. The van der Waals surface area contributed by atoms with Gasteiger partial charge >= 0.3 is 0 Å². The van der Waals surface area contributed by atoms with E-state index < -0.39 is 10.8 Å². The number of phenolic OH excluding ortho intramolecular Hbond substituents is 1. The van der Waals surface area contributed by atoms with Crippen LogP contribution in [-0.4, -0.2) is 22.0 Å². The molecule has 6 heteroatoms. The van der Waals surface area contributed by atoms with Gasteiger partial charge in [-0.05, 0) is 25.5 Å². The number of carbonyl (C=O) groups excluding carboxylic acids is 1. The first-order valence-electron chi connectivity index (χ1n) is 5.74. The highest BCUT2D eigenvalue weighted by Gasteiger charge is 2.21. The van der Waals surface area contributed by atoms with Crippen LogP contribution in [-0.2, 0) is 0 Å². The number of hydrogen-bond donors (Lipinski definition) is 2. The van der Waals surface area contributed by atoms with E-state index in [-0.39, 0.29) is 23.0 Å². The number of aromatic hydroxyl groups is 1. The number of phenols is 1. The van der Waals surface area contributed by atoms with E-state index >= 15 is 0 Å². The molecule has 0 fully saturated rings. The van der Waals surface area contributed by atoms with E-state index in [1.165, 1.54) is 6.07 Å². The molecule has 0 heterocycles. The van der Waals surface area contributed by atoms with Gasteiger partial charge < -0.3 is 10.4 Å². The number of benzene rings is 1. The Morgan fingerprint density at radius 2 is 2.22 bits per heavy atom. The molecule has 1 amide bonds. The number of hydrogen-bond acceptors (Lipinski definition) is 4. The quantitative estimate of drug-likeness (QED) is 0.620. The Kier molecular flexibility index (Phi) is 4.65. The molecule has 0 aliphatic carbocycles. The van der Waals surface area contributed by atoms with Gasteiger partial charge in [0.2, 0.25) is 0 Å². The average Bonchev–Trinajstić information content (AvgIpc) is 2.28. The van der Waals surface area contributed by atoms with Crippen LogP contribution in [0.1, 0.15) is 37.0 Å². The zero-order valence-corrected chi connectivity index (χ0v) is 10.3. The maximum Gasteiger partial charge on any atom is 0.282 e. The van der Waals surface area contributed by atoms with E-state index in [0.29, 0.717) is 0 Å². The molecule has 1 aromatic carbocycles. The predicted octanol–water partition coefficient (Wildman–Crippen LogP) is 2.22. The number of nitrogens with one attached hydrogen (secondary N) is 1. The van der Waals surface area contributed by atoms with Crippen LogP contribution in [0.5, 0.6) is 5.75 Å². The van der Waals surface area contributed by atoms with Gasteiger partial charge in [-0.15, -0.1) is 0 Å².